The van der Waals surface area contributed by atoms with Gasteiger partial charge in [0.25, 0.3) is 11.8 Å². The zero-order chi connectivity index (χ0) is 24.0. The van der Waals surface area contributed by atoms with E-state index in [1.54, 1.807) is 24.3 Å². The SMILES string of the molecule is O=C(N[C@H]1C[C@@H]2C(=O)N[C@@H]3CCN(C(=O)c4ccccc4)[C@@H]3C(=O)N2C1)c1ccc(F)c(Cl)c1. The summed E-state index contributed by atoms with van der Waals surface area (Å²) in [6.07, 6.45) is 0.733. The van der Waals surface area contributed by atoms with Crippen LogP contribution in [0.2, 0.25) is 5.02 Å². The topological polar surface area (TPSA) is 98.8 Å². The lowest BCUT2D eigenvalue weighted by Gasteiger charge is -2.29. The third-order valence-corrected chi connectivity index (χ3v) is 6.95. The summed E-state index contributed by atoms with van der Waals surface area (Å²) in [7, 11) is 0. The van der Waals surface area contributed by atoms with E-state index in [1.807, 2.05) is 6.07 Å². The third kappa shape index (κ3) is 3.90. The van der Waals surface area contributed by atoms with Crippen molar-refractivity contribution in [1.29, 1.82) is 0 Å². The molecule has 2 aromatic carbocycles. The number of carbonyl (C=O) groups is 4. The second kappa shape index (κ2) is 8.72. The first-order valence-electron chi connectivity index (χ1n) is 11.1. The fourth-order valence-electron chi connectivity index (χ4n) is 5.01. The van der Waals surface area contributed by atoms with E-state index in [0.29, 0.717) is 18.5 Å². The van der Waals surface area contributed by atoms with Gasteiger partial charge in [0.15, 0.2) is 0 Å². The molecular weight excluding hydrogens is 463 g/mol. The standard InChI is InChI=1S/C24H22ClFN4O4/c25-16-10-14(6-7-17(16)26)21(31)27-15-11-19-22(32)28-18-8-9-29(20(18)24(34)30(19)12-15)23(33)13-4-2-1-3-5-13/h1-7,10,15,18-20H,8-9,11-12H2,(H,27,31)(H,28,32)/t15-,18+,19+,20-/m0/s1. The van der Waals surface area contributed by atoms with Gasteiger partial charge in [0.2, 0.25) is 11.8 Å². The highest BCUT2D eigenvalue weighted by molar-refractivity contribution is 6.31. The van der Waals surface area contributed by atoms with E-state index < -0.39 is 35.9 Å². The minimum atomic E-state index is -0.799. The van der Waals surface area contributed by atoms with Crippen LogP contribution in [0.25, 0.3) is 0 Å². The van der Waals surface area contributed by atoms with Crippen LogP contribution in [-0.4, -0.2) is 70.7 Å². The molecule has 0 aromatic heterocycles. The Morgan fingerprint density at radius 2 is 1.85 bits per heavy atom. The maximum atomic E-state index is 13.6. The van der Waals surface area contributed by atoms with Crippen molar-refractivity contribution in [3.05, 3.63) is 70.5 Å². The van der Waals surface area contributed by atoms with Gasteiger partial charge in [0.05, 0.1) is 11.1 Å². The van der Waals surface area contributed by atoms with Crippen molar-refractivity contribution in [2.45, 2.75) is 37.0 Å². The number of carbonyl (C=O) groups excluding carboxylic acids is 4. The summed E-state index contributed by atoms with van der Waals surface area (Å²) in [6.45, 7) is 0.493. The molecule has 2 aromatic rings. The molecule has 0 radical (unpaired) electrons. The smallest absolute Gasteiger partial charge is 0.254 e. The van der Waals surface area contributed by atoms with Crippen LogP contribution in [0, 0.1) is 5.82 Å². The molecular formula is C24H22ClFN4O4. The Labute approximate surface area is 200 Å². The molecule has 0 saturated carbocycles. The molecule has 3 saturated heterocycles. The monoisotopic (exact) mass is 484 g/mol. The van der Waals surface area contributed by atoms with Crippen LogP contribution in [0.5, 0.6) is 0 Å². The summed E-state index contributed by atoms with van der Waals surface area (Å²) >= 11 is 5.77. The first kappa shape index (κ1) is 22.3. The summed E-state index contributed by atoms with van der Waals surface area (Å²) in [5, 5.41) is 5.57. The van der Waals surface area contributed by atoms with E-state index in [-0.39, 0.29) is 41.3 Å². The summed E-state index contributed by atoms with van der Waals surface area (Å²) in [4.78, 5) is 55.2. The molecule has 3 fully saturated rings. The molecule has 4 atom stereocenters. The Balaban J connectivity index is 1.33. The van der Waals surface area contributed by atoms with Crippen molar-refractivity contribution < 1.29 is 23.6 Å². The van der Waals surface area contributed by atoms with Crippen LogP contribution in [0.3, 0.4) is 0 Å². The average Bonchev–Trinajstić information content (AvgIpc) is 3.43. The van der Waals surface area contributed by atoms with E-state index >= 15 is 0 Å². The minimum absolute atomic E-state index is 0.133. The lowest BCUT2D eigenvalue weighted by atomic mass is 10.1. The Morgan fingerprint density at radius 3 is 2.59 bits per heavy atom. The largest absolute Gasteiger partial charge is 0.349 e. The summed E-state index contributed by atoms with van der Waals surface area (Å²) in [6, 6.07) is 9.90. The lowest BCUT2D eigenvalue weighted by molar-refractivity contribution is -0.138. The number of hydrogen-bond acceptors (Lipinski definition) is 4. The molecule has 3 heterocycles. The summed E-state index contributed by atoms with van der Waals surface area (Å²) in [5.41, 5.74) is 0.660. The second-order valence-electron chi connectivity index (χ2n) is 8.75. The zero-order valence-electron chi connectivity index (χ0n) is 18.0. The van der Waals surface area contributed by atoms with Crippen LogP contribution in [0.4, 0.5) is 4.39 Å². The Bertz CT molecular complexity index is 1180. The van der Waals surface area contributed by atoms with Gasteiger partial charge in [-0.2, -0.15) is 0 Å². The number of nitrogens with one attached hydrogen (secondary N) is 2. The molecule has 0 unspecified atom stereocenters. The first-order valence-corrected chi connectivity index (χ1v) is 11.4. The van der Waals surface area contributed by atoms with Crippen molar-refractivity contribution in [2.24, 2.45) is 0 Å². The molecule has 3 aliphatic rings. The van der Waals surface area contributed by atoms with Gasteiger partial charge in [-0.1, -0.05) is 29.8 Å². The van der Waals surface area contributed by atoms with Gasteiger partial charge in [0, 0.05) is 30.3 Å². The number of likely N-dealkylation sites (tertiary alicyclic amines) is 1. The van der Waals surface area contributed by atoms with Crippen LogP contribution in [0.1, 0.15) is 33.6 Å². The van der Waals surface area contributed by atoms with Gasteiger partial charge < -0.3 is 20.4 Å². The van der Waals surface area contributed by atoms with E-state index in [4.69, 9.17) is 11.6 Å². The maximum Gasteiger partial charge on any atom is 0.254 e. The van der Waals surface area contributed by atoms with E-state index in [9.17, 15) is 23.6 Å². The number of benzene rings is 2. The highest BCUT2D eigenvalue weighted by Gasteiger charge is 2.52. The van der Waals surface area contributed by atoms with Gasteiger partial charge in [-0.15, -0.1) is 0 Å². The van der Waals surface area contributed by atoms with Crippen molar-refractivity contribution in [3.8, 4) is 0 Å². The number of fused-ring (bicyclic) bond motifs is 2. The number of amides is 4. The fraction of sp³-hybridized carbons (Fsp3) is 0.333. The minimum Gasteiger partial charge on any atom is -0.349 e. The average molecular weight is 485 g/mol. The van der Waals surface area contributed by atoms with Gasteiger partial charge in [-0.25, -0.2) is 4.39 Å². The van der Waals surface area contributed by atoms with Gasteiger partial charge >= 0.3 is 0 Å². The highest BCUT2D eigenvalue weighted by atomic mass is 35.5. The molecule has 10 heteroatoms. The Hall–Kier alpha value is -3.46. The van der Waals surface area contributed by atoms with Crippen LogP contribution >= 0.6 is 11.6 Å². The van der Waals surface area contributed by atoms with E-state index in [2.05, 4.69) is 10.6 Å². The summed E-state index contributed by atoms with van der Waals surface area (Å²) < 4.78 is 13.4. The van der Waals surface area contributed by atoms with Gasteiger partial charge in [-0.05, 0) is 43.2 Å². The molecule has 5 rings (SSSR count). The molecule has 0 bridgehead atoms. The van der Waals surface area contributed by atoms with Gasteiger partial charge in [0.1, 0.15) is 17.9 Å². The molecule has 8 nitrogen and oxygen atoms in total. The van der Waals surface area contributed by atoms with Crippen molar-refractivity contribution in [2.75, 3.05) is 13.1 Å². The van der Waals surface area contributed by atoms with Crippen LogP contribution in [0.15, 0.2) is 48.5 Å². The van der Waals surface area contributed by atoms with Crippen molar-refractivity contribution >= 4 is 35.2 Å². The van der Waals surface area contributed by atoms with E-state index in [0.717, 1.165) is 6.07 Å². The number of rotatable bonds is 3. The quantitative estimate of drug-likeness (QED) is 0.691. The predicted molar refractivity (Wildman–Crippen MR) is 121 cm³/mol. The molecule has 0 spiro atoms. The zero-order valence-corrected chi connectivity index (χ0v) is 18.8. The Morgan fingerprint density at radius 1 is 1.09 bits per heavy atom. The Kier molecular flexibility index (Phi) is 5.73. The van der Waals surface area contributed by atoms with Crippen molar-refractivity contribution in [3.63, 3.8) is 0 Å². The lowest BCUT2D eigenvalue weighted by Crippen LogP contribution is -2.52. The number of hydrogen-bond donors (Lipinski definition) is 2. The van der Waals surface area contributed by atoms with E-state index in [1.165, 1.54) is 21.9 Å². The number of nitrogens with zero attached hydrogens (tertiary/aromatic N) is 2. The van der Waals surface area contributed by atoms with Gasteiger partial charge in [-0.3, -0.25) is 19.2 Å². The molecule has 3 aliphatic heterocycles. The summed E-state index contributed by atoms with van der Waals surface area (Å²) in [5.74, 6) is -1.97. The molecule has 34 heavy (non-hydrogen) atoms. The third-order valence-electron chi connectivity index (χ3n) is 6.66. The van der Waals surface area contributed by atoms with Crippen LogP contribution in [-0.2, 0) is 9.59 Å². The molecule has 176 valence electrons. The van der Waals surface area contributed by atoms with Crippen molar-refractivity contribution in [1.82, 2.24) is 20.4 Å². The first-order chi connectivity index (χ1) is 16.3. The number of halogens is 2. The second-order valence-corrected chi connectivity index (χ2v) is 9.16. The normalized spacial score (nSPS) is 25.9. The van der Waals surface area contributed by atoms with Crippen LogP contribution < -0.4 is 10.6 Å². The fourth-order valence-corrected chi connectivity index (χ4v) is 5.19. The highest BCUT2D eigenvalue weighted by Crippen LogP contribution is 2.30. The molecule has 4 amide bonds. The molecule has 0 aliphatic carbocycles. The molecule has 2 N–H and O–H groups in total. The maximum absolute atomic E-state index is 13.6. The predicted octanol–water partition coefficient (Wildman–Crippen LogP) is 1.59.